The van der Waals surface area contributed by atoms with Crippen LogP contribution in [0.5, 0.6) is 0 Å². The zero-order valence-electron chi connectivity index (χ0n) is 80.3. The highest BCUT2D eigenvalue weighted by Gasteiger charge is 2.26. The van der Waals surface area contributed by atoms with Crippen LogP contribution in [-0.4, -0.2) is 39.9 Å². The van der Waals surface area contributed by atoms with Gasteiger partial charge in [-0.25, -0.2) is 0 Å². The summed E-state index contributed by atoms with van der Waals surface area (Å²) in [5, 5.41) is 12.3. The fraction of sp³-hybridized carbons (Fsp3) is 0.109. The Morgan fingerprint density at radius 2 is 0.353 bits per heavy atom. The molecule has 8 heteroatoms. The summed E-state index contributed by atoms with van der Waals surface area (Å²) in [5.41, 5.74) is 36.2. The molecule has 0 saturated carbocycles. The van der Waals surface area contributed by atoms with Gasteiger partial charge in [-0.2, -0.15) is 0 Å². The molecule has 0 fully saturated rings. The van der Waals surface area contributed by atoms with Crippen LogP contribution < -0.4 is 0 Å². The summed E-state index contributed by atoms with van der Waals surface area (Å²) in [7, 11) is 0. The second-order valence-corrected chi connectivity index (χ2v) is 30.2. The summed E-state index contributed by atoms with van der Waals surface area (Å²) in [5.74, 6) is 0. The van der Waals surface area contributed by atoms with Crippen molar-refractivity contribution in [1.82, 2.24) is 39.9 Å². The molecule has 4 aliphatic carbocycles. The Morgan fingerprint density at radius 1 is 0.125 bits per heavy atom. The van der Waals surface area contributed by atoms with Crippen molar-refractivity contribution in [2.24, 2.45) is 0 Å². The molecule has 8 nitrogen and oxygen atoms in total. The molecule has 8 heterocycles. The van der Waals surface area contributed by atoms with E-state index >= 15 is 0 Å². The Labute approximate surface area is 802 Å². The molecule has 27 rings (SSSR count). The molecule has 0 unspecified atom stereocenters. The van der Waals surface area contributed by atoms with Gasteiger partial charge in [-0.3, -0.25) is 39.9 Å². The molecule has 668 valence electrons. The SMILES string of the molecule is CC.CC.CC.CC.CC.CC.CC.c1ccc2c(c1)-c1cccc3nccc-2c13.c1ccc2c(c1)-c1cccc3nccc-2c13.c1ccc2c(c1)-c1ccccc1-c1cccnc1-c1ccccc1-2.c1ccc2c(c1)-c1ccccc1-c1cccnc1-c1ccccc1-2.c1ccc2c(c1)ccc1ncccc12.c1ccc2c(c1)cnc1ccccc12.c1cnc2c(c1)ccc1cccnc12. The fourth-order valence-electron chi connectivity index (χ4n) is 17.9. The van der Waals surface area contributed by atoms with E-state index in [1.165, 1.54) is 165 Å². The van der Waals surface area contributed by atoms with Gasteiger partial charge in [0, 0.05) is 110 Å². The minimum absolute atomic E-state index is 0.977. The van der Waals surface area contributed by atoms with Gasteiger partial charge in [0.25, 0.3) is 0 Å². The second kappa shape index (κ2) is 47.6. The molecule has 0 radical (unpaired) electrons. The number of para-hydroxylation sites is 1. The summed E-state index contributed by atoms with van der Waals surface area (Å²) in [4.78, 5) is 35.8. The predicted molar refractivity (Wildman–Crippen MR) is 586 cm³/mol. The third-order valence-electron chi connectivity index (χ3n) is 23.3. The van der Waals surface area contributed by atoms with Gasteiger partial charge < -0.3 is 0 Å². The van der Waals surface area contributed by atoms with Crippen LogP contribution in [0, 0.1) is 0 Å². The van der Waals surface area contributed by atoms with Gasteiger partial charge in [0.1, 0.15) is 0 Å². The lowest BCUT2D eigenvalue weighted by Gasteiger charge is -2.21. The maximum atomic E-state index is 4.73. The number of pyridine rings is 8. The minimum Gasteiger partial charge on any atom is -0.256 e. The smallest absolute Gasteiger partial charge is 0.0964 e. The summed E-state index contributed by atoms with van der Waals surface area (Å²) in [6, 6.07) is 139. The van der Waals surface area contributed by atoms with E-state index in [2.05, 4.69) is 382 Å². The van der Waals surface area contributed by atoms with E-state index in [-0.39, 0.29) is 0 Å². The van der Waals surface area contributed by atoms with Crippen molar-refractivity contribution in [2.45, 2.75) is 96.9 Å². The first kappa shape index (κ1) is 95.7. The first-order valence-electron chi connectivity index (χ1n) is 48.1. The fourth-order valence-corrected chi connectivity index (χ4v) is 17.9. The quantitative estimate of drug-likeness (QED) is 0.138. The predicted octanol–water partition coefficient (Wildman–Crippen LogP) is 36.6. The van der Waals surface area contributed by atoms with Crippen molar-refractivity contribution >= 4 is 87.0 Å². The van der Waals surface area contributed by atoms with Gasteiger partial charge in [0.2, 0.25) is 0 Å². The highest BCUT2D eigenvalue weighted by molar-refractivity contribution is 6.16. The summed E-state index contributed by atoms with van der Waals surface area (Å²) in [6.07, 6.45) is 14.9. The average molecular weight is 1770 g/mol. The van der Waals surface area contributed by atoms with Gasteiger partial charge >= 0.3 is 0 Å². The Kier molecular flexibility index (Phi) is 33.5. The van der Waals surface area contributed by atoms with Gasteiger partial charge in [-0.15, -0.1) is 0 Å². The van der Waals surface area contributed by atoms with Crippen LogP contribution >= 0.6 is 0 Å². The number of rotatable bonds is 0. The first-order chi connectivity index (χ1) is 67.6. The molecule has 0 spiro atoms. The van der Waals surface area contributed by atoms with Crippen molar-refractivity contribution in [1.29, 1.82) is 0 Å². The Bertz CT molecular complexity index is 6530. The molecule has 0 amide bonds. The molecule has 0 atom stereocenters. The number of benzene rings is 15. The zero-order valence-corrected chi connectivity index (χ0v) is 80.3. The zero-order chi connectivity index (χ0) is 95.1. The van der Waals surface area contributed by atoms with E-state index in [0.29, 0.717) is 0 Å². The lowest BCUT2D eigenvalue weighted by molar-refractivity contribution is 1.32. The minimum atomic E-state index is 0.977. The molecule has 8 aromatic heterocycles. The van der Waals surface area contributed by atoms with E-state index < -0.39 is 0 Å². The lowest BCUT2D eigenvalue weighted by atomic mass is 9.83. The molecule has 0 bridgehead atoms. The molecule has 0 N–H and O–H groups in total. The van der Waals surface area contributed by atoms with Crippen molar-refractivity contribution in [3.63, 3.8) is 0 Å². The van der Waals surface area contributed by atoms with Gasteiger partial charge in [-0.05, 0) is 183 Å². The van der Waals surface area contributed by atoms with Crippen LogP contribution in [0.4, 0.5) is 0 Å². The molecule has 0 saturated heterocycles. The van der Waals surface area contributed by atoms with Crippen molar-refractivity contribution < 1.29 is 0 Å². The third-order valence-corrected chi connectivity index (χ3v) is 23.3. The molecular formula is C128H116N8. The largest absolute Gasteiger partial charge is 0.256 e. The van der Waals surface area contributed by atoms with Crippen LogP contribution in [-0.2, 0) is 0 Å². The number of nitrogens with zero attached hydrogens (tertiary/aromatic N) is 8. The number of hydrogen-bond donors (Lipinski definition) is 0. The molecule has 23 aromatic rings. The molecule has 136 heavy (non-hydrogen) atoms. The topological polar surface area (TPSA) is 103 Å². The third kappa shape index (κ3) is 20.0. The normalized spacial score (nSPS) is 10.4. The van der Waals surface area contributed by atoms with Crippen LogP contribution in [0.25, 0.3) is 221 Å². The summed E-state index contributed by atoms with van der Waals surface area (Å²) >= 11 is 0. The Balaban J connectivity index is 0.000000125. The Morgan fingerprint density at radius 3 is 0.750 bits per heavy atom. The van der Waals surface area contributed by atoms with Crippen molar-refractivity contribution in [3.05, 3.63) is 450 Å². The van der Waals surface area contributed by atoms with Crippen LogP contribution in [0.15, 0.2) is 450 Å². The highest BCUT2D eigenvalue weighted by atomic mass is 14.7. The Hall–Kier alpha value is -16.4. The maximum absolute atomic E-state index is 4.73. The second-order valence-electron chi connectivity index (χ2n) is 30.2. The molecule has 0 aliphatic heterocycles. The van der Waals surface area contributed by atoms with E-state index in [9.17, 15) is 0 Å². The van der Waals surface area contributed by atoms with Crippen molar-refractivity contribution in [2.75, 3.05) is 0 Å². The van der Waals surface area contributed by atoms with Crippen molar-refractivity contribution in [3.8, 4) is 134 Å². The first-order valence-corrected chi connectivity index (χ1v) is 48.1. The van der Waals surface area contributed by atoms with Gasteiger partial charge in [0.15, 0.2) is 0 Å². The molecule has 15 aromatic carbocycles. The molecule has 4 aliphatic rings. The van der Waals surface area contributed by atoms with Crippen LogP contribution in [0.1, 0.15) is 96.9 Å². The maximum Gasteiger partial charge on any atom is 0.0964 e. The van der Waals surface area contributed by atoms with E-state index in [4.69, 9.17) is 9.97 Å². The standard InChI is InChI=1S/2C23H15N.2C15H9N.2C13H9N.C12H8N2.7C2H6/c2*1-2-9-17-16(8-1)18-10-3-4-11-20(18)22-14-7-15-24-23(22)21-13-6-5-12-19(17)21;2*1-2-5-11-10(4-1)12-6-3-7-14-15(12)13(11)8-9-16-14;1-2-6-11-10(5-1)9-14-13-8-4-3-7-12(11)13;1-2-5-11-10(4-1)7-8-13-12(11)6-3-9-14-13;1-3-9-5-6-10-4-2-8-14-12(10)11(9)13-7-1;7*1-2/h2*1-15H;2*1-9H;2*1-9H;1-8H;7*1-2H3. The number of hydrogen-bond acceptors (Lipinski definition) is 8. The van der Waals surface area contributed by atoms with Crippen LogP contribution in [0.2, 0.25) is 0 Å². The molecular weight excluding hydrogens is 1650 g/mol. The monoisotopic (exact) mass is 1760 g/mol. The van der Waals surface area contributed by atoms with E-state index in [0.717, 1.165) is 55.3 Å². The number of fused-ring (bicyclic) bond motifs is 31. The summed E-state index contributed by atoms with van der Waals surface area (Å²) < 4.78 is 0. The average Bonchev–Trinajstić information content (AvgIpc) is 1.62. The number of aromatic nitrogens is 8. The van der Waals surface area contributed by atoms with E-state index in [1.54, 1.807) is 12.4 Å². The van der Waals surface area contributed by atoms with Gasteiger partial charge in [0.05, 0.1) is 44.5 Å². The lowest BCUT2D eigenvalue weighted by Crippen LogP contribution is -1.98. The van der Waals surface area contributed by atoms with E-state index in [1.807, 2.05) is 183 Å². The summed E-state index contributed by atoms with van der Waals surface area (Å²) in [6.45, 7) is 28.0. The van der Waals surface area contributed by atoms with Gasteiger partial charge in [-0.1, -0.05) is 431 Å². The van der Waals surface area contributed by atoms with Crippen LogP contribution in [0.3, 0.4) is 0 Å². The highest BCUT2D eigenvalue weighted by Crippen LogP contribution is 2.51.